The van der Waals surface area contributed by atoms with Crippen molar-refractivity contribution in [3.63, 3.8) is 0 Å². The highest BCUT2D eigenvalue weighted by molar-refractivity contribution is 7.89. The number of benzene rings is 1. The summed E-state index contributed by atoms with van der Waals surface area (Å²) in [6, 6.07) is 10.3. The molecular formula is C19H23N5O3S. The molecule has 0 unspecified atom stereocenters. The van der Waals surface area contributed by atoms with Crippen molar-refractivity contribution in [1.29, 1.82) is 5.26 Å². The molecule has 3 N–H and O–H groups in total. The number of amides is 1. The van der Waals surface area contributed by atoms with Crippen LogP contribution in [0.4, 0.5) is 5.82 Å². The maximum Gasteiger partial charge on any atom is 0.240 e. The number of nitrogens with zero attached hydrogens (tertiary/aromatic N) is 2. The van der Waals surface area contributed by atoms with Crippen molar-refractivity contribution in [2.24, 2.45) is 0 Å². The summed E-state index contributed by atoms with van der Waals surface area (Å²) in [5, 5.41) is 14.6. The Balaban J connectivity index is 1.72. The van der Waals surface area contributed by atoms with Crippen LogP contribution in [0.2, 0.25) is 0 Å². The number of sulfonamides is 1. The third-order valence-corrected chi connectivity index (χ3v) is 5.56. The van der Waals surface area contributed by atoms with E-state index in [0.29, 0.717) is 24.5 Å². The Hall–Kier alpha value is -2.96. The summed E-state index contributed by atoms with van der Waals surface area (Å²) >= 11 is 0. The molecule has 1 heterocycles. The Kier molecular flexibility index (Phi) is 7.49. The normalized spacial score (nSPS) is 10.9. The van der Waals surface area contributed by atoms with Gasteiger partial charge in [-0.1, -0.05) is 6.07 Å². The fraction of sp³-hybridized carbons (Fsp3) is 0.316. The Morgan fingerprint density at radius 3 is 2.64 bits per heavy atom. The number of pyridine rings is 1. The SMILES string of the molecule is Cc1ccc(S(=O)(=O)NCCC(=O)NCCNc2ncccc2C#N)cc1C. The van der Waals surface area contributed by atoms with E-state index in [1.165, 1.54) is 0 Å². The first-order valence-corrected chi connectivity index (χ1v) is 10.2. The molecule has 0 saturated heterocycles. The number of nitriles is 1. The van der Waals surface area contributed by atoms with Gasteiger partial charge < -0.3 is 10.6 Å². The van der Waals surface area contributed by atoms with Crippen LogP contribution in [0.3, 0.4) is 0 Å². The number of carbonyl (C=O) groups is 1. The summed E-state index contributed by atoms with van der Waals surface area (Å²) < 4.78 is 27.0. The predicted molar refractivity (Wildman–Crippen MR) is 106 cm³/mol. The Morgan fingerprint density at radius 2 is 1.93 bits per heavy atom. The van der Waals surface area contributed by atoms with Crippen LogP contribution in [0.5, 0.6) is 0 Å². The quantitative estimate of drug-likeness (QED) is 0.547. The van der Waals surface area contributed by atoms with Crippen LogP contribution >= 0.6 is 0 Å². The van der Waals surface area contributed by atoms with Gasteiger partial charge in [-0.15, -0.1) is 0 Å². The highest BCUT2D eigenvalue weighted by Gasteiger charge is 2.14. The number of aryl methyl sites for hydroxylation is 2. The van der Waals surface area contributed by atoms with Crippen LogP contribution in [-0.2, 0) is 14.8 Å². The molecule has 0 atom stereocenters. The van der Waals surface area contributed by atoms with Crippen molar-refractivity contribution < 1.29 is 13.2 Å². The summed E-state index contributed by atoms with van der Waals surface area (Å²) in [7, 11) is -3.65. The predicted octanol–water partition coefficient (Wildman–Crippen LogP) is 1.47. The molecule has 1 amide bonds. The van der Waals surface area contributed by atoms with Crippen LogP contribution in [0.15, 0.2) is 41.4 Å². The number of aromatic nitrogens is 1. The lowest BCUT2D eigenvalue weighted by Crippen LogP contribution is -2.33. The van der Waals surface area contributed by atoms with E-state index in [4.69, 9.17) is 5.26 Å². The average molecular weight is 401 g/mol. The Morgan fingerprint density at radius 1 is 1.14 bits per heavy atom. The van der Waals surface area contributed by atoms with E-state index in [-0.39, 0.29) is 23.8 Å². The second-order valence-electron chi connectivity index (χ2n) is 6.18. The van der Waals surface area contributed by atoms with E-state index in [0.717, 1.165) is 11.1 Å². The lowest BCUT2D eigenvalue weighted by molar-refractivity contribution is -0.120. The molecule has 0 spiro atoms. The summed E-state index contributed by atoms with van der Waals surface area (Å²) in [4.78, 5) is 16.1. The van der Waals surface area contributed by atoms with Gasteiger partial charge in [-0.25, -0.2) is 18.1 Å². The molecule has 1 aromatic carbocycles. The molecule has 0 fully saturated rings. The molecule has 28 heavy (non-hydrogen) atoms. The first-order chi connectivity index (χ1) is 13.3. The van der Waals surface area contributed by atoms with Crippen molar-refractivity contribution in [3.8, 4) is 6.07 Å². The van der Waals surface area contributed by atoms with E-state index < -0.39 is 10.0 Å². The number of hydrogen-bond donors (Lipinski definition) is 3. The van der Waals surface area contributed by atoms with Crippen molar-refractivity contribution in [2.45, 2.75) is 25.2 Å². The fourth-order valence-electron chi connectivity index (χ4n) is 2.37. The molecule has 0 saturated carbocycles. The fourth-order valence-corrected chi connectivity index (χ4v) is 3.49. The molecule has 0 bridgehead atoms. The van der Waals surface area contributed by atoms with Gasteiger partial charge >= 0.3 is 0 Å². The standard InChI is InChI=1S/C19H23N5O3S/c1-14-5-6-17(12-15(14)2)28(26,27)24-9-7-18(25)21-10-11-23-19-16(13-20)4-3-8-22-19/h3-6,8,12,24H,7,9-11H2,1-2H3,(H,21,25)(H,22,23). The van der Waals surface area contributed by atoms with Crippen LogP contribution in [0.25, 0.3) is 0 Å². The van der Waals surface area contributed by atoms with Crippen molar-refractivity contribution in [3.05, 3.63) is 53.2 Å². The summed E-state index contributed by atoms with van der Waals surface area (Å²) in [6.07, 6.45) is 1.60. The third-order valence-electron chi connectivity index (χ3n) is 4.10. The molecule has 2 aromatic rings. The molecule has 0 aliphatic carbocycles. The summed E-state index contributed by atoms with van der Waals surface area (Å²) in [5.74, 6) is 0.187. The van der Waals surface area contributed by atoms with Crippen LogP contribution in [-0.4, -0.2) is 38.9 Å². The second kappa shape index (κ2) is 9.82. The summed E-state index contributed by atoms with van der Waals surface area (Å²) in [6.45, 7) is 4.48. The topological polar surface area (TPSA) is 124 Å². The number of carbonyl (C=O) groups excluding carboxylic acids is 1. The van der Waals surface area contributed by atoms with E-state index in [9.17, 15) is 13.2 Å². The van der Waals surface area contributed by atoms with Gasteiger partial charge in [0.15, 0.2) is 0 Å². The van der Waals surface area contributed by atoms with E-state index in [1.807, 2.05) is 19.9 Å². The van der Waals surface area contributed by atoms with Crippen molar-refractivity contribution in [1.82, 2.24) is 15.0 Å². The largest absolute Gasteiger partial charge is 0.367 e. The van der Waals surface area contributed by atoms with Crippen molar-refractivity contribution in [2.75, 3.05) is 25.0 Å². The zero-order valence-corrected chi connectivity index (χ0v) is 16.6. The molecule has 0 radical (unpaired) electrons. The molecule has 2 rings (SSSR count). The third kappa shape index (κ3) is 6.04. The van der Waals surface area contributed by atoms with Gasteiger partial charge in [0.1, 0.15) is 11.9 Å². The number of nitrogens with one attached hydrogen (secondary N) is 3. The van der Waals surface area contributed by atoms with E-state index in [1.54, 1.807) is 36.5 Å². The zero-order chi connectivity index (χ0) is 20.6. The monoisotopic (exact) mass is 401 g/mol. The van der Waals surface area contributed by atoms with Gasteiger partial charge in [0.2, 0.25) is 15.9 Å². The van der Waals surface area contributed by atoms with Gasteiger partial charge in [0.05, 0.1) is 10.5 Å². The number of rotatable bonds is 9. The Labute approximate surface area is 165 Å². The van der Waals surface area contributed by atoms with Gasteiger partial charge in [0.25, 0.3) is 0 Å². The number of anilines is 1. The first-order valence-electron chi connectivity index (χ1n) is 8.76. The number of hydrogen-bond acceptors (Lipinski definition) is 6. The summed E-state index contributed by atoms with van der Waals surface area (Å²) in [5.41, 5.74) is 2.33. The zero-order valence-electron chi connectivity index (χ0n) is 15.8. The van der Waals surface area contributed by atoms with Crippen molar-refractivity contribution >= 4 is 21.7 Å². The maximum atomic E-state index is 12.3. The maximum absolute atomic E-state index is 12.3. The van der Waals surface area contributed by atoms with E-state index in [2.05, 4.69) is 20.3 Å². The van der Waals surface area contributed by atoms with Gasteiger partial charge in [-0.3, -0.25) is 4.79 Å². The lowest BCUT2D eigenvalue weighted by atomic mass is 10.1. The molecule has 0 aliphatic rings. The van der Waals surface area contributed by atoms with Crippen LogP contribution in [0, 0.1) is 25.2 Å². The lowest BCUT2D eigenvalue weighted by Gasteiger charge is -2.10. The average Bonchev–Trinajstić information content (AvgIpc) is 2.67. The highest BCUT2D eigenvalue weighted by atomic mass is 32.2. The highest BCUT2D eigenvalue weighted by Crippen LogP contribution is 2.14. The Bertz CT molecular complexity index is 983. The second-order valence-corrected chi connectivity index (χ2v) is 7.95. The molecular weight excluding hydrogens is 378 g/mol. The van der Waals surface area contributed by atoms with Gasteiger partial charge in [0, 0.05) is 32.3 Å². The van der Waals surface area contributed by atoms with Crippen LogP contribution < -0.4 is 15.4 Å². The minimum absolute atomic E-state index is 0.00728. The molecule has 8 nitrogen and oxygen atoms in total. The van der Waals surface area contributed by atoms with Gasteiger partial charge in [-0.05, 0) is 49.2 Å². The van der Waals surface area contributed by atoms with E-state index >= 15 is 0 Å². The minimum Gasteiger partial charge on any atom is -0.367 e. The smallest absolute Gasteiger partial charge is 0.240 e. The molecule has 1 aromatic heterocycles. The first kappa shape index (κ1) is 21.3. The van der Waals surface area contributed by atoms with Crippen LogP contribution in [0.1, 0.15) is 23.1 Å². The molecule has 148 valence electrons. The van der Waals surface area contributed by atoms with Gasteiger partial charge in [-0.2, -0.15) is 5.26 Å². The molecule has 0 aliphatic heterocycles. The molecule has 9 heteroatoms. The minimum atomic E-state index is -3.65.